The highest BCUT2D eigenvalue weighted by Crippen LogP contribution is 2.22. The normalized spacial score (nSPS) is 27.4. The van der Waals surface area contributed by atoms with Gasteiger partial charge in [0.15, 0.2) is 6.29 Å². The molecule has 2 fully saturated rings. The van der Waals surface area contributed by atoms with Gasteiger partial charge in [0.25, 0.3) is 0 Å². The number of hydrogen-bond acceptors (Lipinski definition) is 5. The number of carbonyl (C=O) groups is 3. The molecule has 0 aromatic carbocycles. The number of amides is 3. The van der Waals surface area contributed by atoms with Crippen LogP contribution >= 0.6 is 0 Å². The maximum Gasteiger partial charge on any atom is 0.315 e. The summed E-state index contributed by atoms with van der Waals surface area (Å²) in [6.45, 7) is 9.24. The second-order valence-corrected chi connectivity index (χ2v) is 8.55. The van der Waals surface area contributed by atoms with Gasteiger partial charge in [0.05, 0.1) is 5.69 Å². The van der Waals surface area contributed by atoms with Crippen molar-refractivity contribution in [2.24, 2.45) is 11.8 Å². The minimum atomic E-state index is -0.681. The van der Waals surface area contributed by atoms with Gasteiger partial charge in [0, 0.05) is 31.6 Å². The van der Waals surface area contributed by atoms with Crippen LogP contribution in [0.5, 0.6) is 0 Å². The topological polar surface area (TPSA) is 108 Å². The highest BCUT2D eigenvalue weighted by atomic mass is 16.2. The third kappa shape index (κ3) is 5.14. The van der Waals surface area contributed by atoms with Crippen LogP contribution in [0.4, 0.5) is 5.82 Å². The lowest BCUT2D eigenvalue weighted by Crippen LogP contribution is -2.53. The third-order valence-electron chi connectivity index (χ3n) is 5.45. The summed E-state index contributed by atoms with van der Waals surface area (Å²) in [6.07, 6.45) is 2.73. The number of piperidine rings is 1. The number of rotatable bonds is 4. The van der Waals surface area contributed by atoms with Crippen molar-refractivity contribution in [1.82, 2.24) is 25.3 Å². The summed E-state index contributed by atoms with van der Waals surface area (Å²) in [5.41, 5.74) is 0.682. The van der Waals surface area contributed by atoms with E-state index in [2.05, 4.69) is 41.8 Å². The molecule has 3 heterocycles. The highest BCUT2D eigenvalue weighted by Gasteiger charge is 2.32. The zero-order valence-electron chi connectivity index (χ0n) is 17.7. The molecule has 0 spiro atoms. The van der Waals surface area contributed by atoms with E-state index in [0.29, 0.717) is 42.9 Å². The van der Waals surface area contributed by atoms with Gasteiger partial charge >= 0.3 is 11.8 Å². The Hall–Kier alpha value is -2.42. The molecule has 3 rings (SSSR count). The second kappa shape index (κ2) is 8.94. The van der Waals surface area contributed by atoms with Crippen LogP contribution in [0.1, 0.15) is 58.4 Å². The molecule has 29 heavy (non-hydrogen) atoms. The number of likely N-dealkylation sites (tertiary alicyclic amines) is 1. The number of anilines is 1. The van der Waals surface area contributed by atoms with Crippen molar-refractivity contribution in [3.8, 4) is 0 Å². The molecule has 0 radical (unpaired) electrons. The summed E-state index contributed by atoms with van der Waals surface area (Å²) < 4.78 is 1.53. The Labute approximate surface area is 171 Å². The molecule has 0 saturated carbocycles. The van der Waals surface area contributed by atoms with Gasteiger partial charge in [-0.1, -0.05) is 27.2 Å². The van der Waals surface area contributed by atoms with E-state index in [-0.39, 0.29) is 11.9 Å². The standard InChI is InChI=1S/C20H32N6O3/c1-5-6-15-9-17(27)23-20(21-15)26-16(8-14(4)24-26)22-18(28)19(29)25-10-12(2)7-13(3)11-25/h8,12-13,15,20-21H,5-7,9-11H2,1-4H3,(H,22,28)(H,23,27). The summed E-state index contributed by atoms with van der Waals surface area (Å²) in [4.78, 5) is 39.1. The molecule has 9 heteroatoms. The van der Waals surface area contributed by atoms with E-state index in [1.807, 2.05) is 0 Å². The van der Waals surface area contributed by atoms with E-state index in [0.717, 1.165) is 19.3 Å². The molecule has 3 amide bonds. The van der Waals surface area contributed by atoms with Gasteiger partial charge in [-0.3, -0.25) is 19.7 Å². The van der Waals surface area contributed by atoms with Crippen molar-refractivity contribution in [2.75, 3.05) is 18.4 Å². The minimum absolute atomic E-state index is 0.0461. The Morgan fingerprint density at radius 3 is 2.62 bits per heavy atom. The summed E-state index contributed by atoms with van der Waals surface area (Å²) >= 11 is 0. The van der Waals surface area contributed by atoms with Gasteiger partial charge in [-0.25, -0.2) is 4.68 Å². The zero-order chi connectivity index (χ0) is 21.1. The molecule has 160 valence electrons. The smallest absolute Gasteiger partial charge is 0.315 e. The van der Waals surface area contributed by atoms with Crippen molar-refractivity contribution in [2.45, 2.75) is 65.7 Å². The molecule has 3 N–H and O–H groups in total. The maximum absolute atomic E-state index is 12.7. The van der Waals surface area contributed by atoms with Gasteiger partial charge in [0.1, 0.15) is 5.82 Å². The van der Waals surface area contributed by atoms with Crippen LogP contribution in [0.25, 0.3) is 0 Å². The summed E-state index contributed by atoms with van der Waals surface area (Å²) in [5, 5.41) is 13.3. The lowest BCUT2D eigenvalue weighted by atomic mass is 9.92. The molecule has 9 nitrogen and oxygen atoms in total. The fourth-order valence-electron chi connectivity index (χ4n) is 4.37. The number of nitrogens with one attached hydrogen (secondary N) is 3. The van der Waals surface area contributed by atoms with Crippen LogP contribution in [-0.4, -0.2) is 51.5 Å². The molecule has 1 aromatic heterocycles. The fraction of sp³-hybridized carbons (Fsp3) is 0.700. The molecule has 4 atom stereocenters. The van der Waals surface area contributed by atoms with Crippen LogP contribution in [0.15, 0.2) is 6.07 Å². The Bertz CT molecular complexity index is 766. The molecule has 2 saturated heterocycles. The number of aromatic nitrogens is 2. The monoisotopic (exact) mass is 404 g/mol. The van der Waals surface area contributed by atoms with E-state index >= 15 is 0 Å². The summed E-state index contributed by atoms with van der Waals surface area (Å²) in [6, 6.07) is 1.74. The van der Waals surface area contributed by atoms with Gasteiger partial charge in [-0.05, 0) is 31.6 Å². The van der Waals surface area contributed by atoms with Crippen LogP contribution in [0.2, 0.25) is 0 Å². The minimum Gasteiger partial charge on any atom is -0.334 e. The quantitative estimate of drug-likeness (QED) is 0.657. The van der Waals surface area contributed by atoms with Gasteiger partial charge < -0.3 is 15.5 Å². The van der Waals surface area contributed by atoms with Crippen LogP contribution < -0.4 is 16.0 Å². The summed E-state index contributed by atoms with van der Waals surface area (Å²) in [5.74, 6) is -0.141. The molecular weight excluding hydrogens is 372 g/mol. The van der Waals surface area contributed by atoms with E-state index in [4.69, 9.17) is 0 Å². The van der Waals surface area contributed by atoms with Crippen molar-refractivity contribution in [1.29, 1.82) is 0 Å². The number of hydrogen-bond donors (Lipinski definition) is 3. The Balaban J connectivity index is 1.72. The van der Waals surface area contributed by atoms with Gasteiger partial charge in [0.2, 0.25) is 5.91 Å². The Morgan fingerprint density at radius 1 is 1.28 bits per heavy atom. The molecule has 0 bridgehead atoms. The molecule has 2 aliphatic rings. The average Bonchev–Trinajstić information content (AvgIpc) is 3.00. The van der Waals surface area contributed by atoms with Crippen molar-refractivity contribution < 1.29 is 14.4 Å². The first kappa shape index (κ1) is 21.3. The van der Waals surface area contributed by atoms with Crippen LogP contribution in [-0.2, 0) is 14.4 Å². The molecule has 1 aromatic rings. The fourth-order valence-corrected chi connectivity index (χ4v) is 4.37. The van der Waals surface area contributed by atoms with Gasteiger partial charge in [-0.2, -0.15) is 5.10 Å². The first-order chi connectivity index (χ1) is 13.8. The average molecular weight is 405 g/mol. The van der Waals surface area contributed by atoms with E-state index in [1.54, 1.807) is 17.9 Å². The van der Waals surface area contributed by atoms with E-state index in [1.165, 1.54) is 4.68 Å². The molecule has 4 unspecified atom stereocenters. The first-order valence-corrected chi connectivity index (χ1v) is 10.5. The predicted octanol–water partition coefficient (Wildman–Crippen LogP) is 1.37. The zero-order valence-corrected chi connectivity index (χ0v) is 17.7. The SMILES string of the molecule is CCCC1CC(=O)NC(n2nc(C)cc2NC(=O)C(=O)N2CC(C)CC(C)C2)N1. The number of nitrogens with zero attached hydrogens (tertiary/aromatic N) is 3. The lowest BCUT2D eigenvalue weighted by Gasteiger charge is -2.34. The lowest BCUT2D eigenvalue weighted by molar-refractivity contribution is -0.145. The van der Waals surface area contributed by atoms with Crippen molar-refractivity contribution in [3.63, 3.8) is 0 Å². The first-order valence-electron chi connectivity index (χ1n) is 10.5. The third-order valence-corrected chi connectivity index (χ3v) is 5.45. The number of aryl methyl sites for hydroxylation is 1. The maximum atomic E-state index is 12.7. The molecule has 2 aliphatic heterocycles. The van der Waals surface area contributed by atoms with E-state index < -0.39 is 18.1 Å². The van der Waals surface area contributed by atoms with Crippen LogP contribution in [0, 0.1) is 18.8 Å². The highest BCUT2D eigenvalue weighted by molar-refractivity contribution is 6.39. The van der Waals surface area contributed by atoms with Crippen molar-refractivity contribution >= 4 is 23.5 Å². The molecular formula is C20H32N6O3. The largest absolute Gasteiger partial charge is 0.334 e. The second-order valence-electron chi connectivity index (χ2n) is 8.55. The Kier molecular flexibility index (Phi) is 6.56. The Morgan fingerprint density at radius 2 is 1.97 bits per heavy atom. The number of carbonyl (C=O) groups excluding carboxylic acids is 3. The predicted molar refractivity (Wildman–Crippen MR) is 109 cm³/mol. The summed E-state index contributed by atoms with van der Waals surface area (Å²) in [7, 11) is 0. The molecule has 0 aliphatic carbocycles. The van der Waals surface area contributed by atoms with Crippen molar-refractivity contribution in [3.05, 3.63) is 11.8 Å². The van der Waals surface area contributed by atoms with Gasteiger partial charge in [-0.15, -0.1) is 0 Å². The van der Waals surface area contributed by atoms with E-state index in [9.17, 15) is 14.4 Å². The van der Waals surface area contributed by atoms with Crippen LogP contribution in [0.3, 0.4) is 0 Å².